The number of hydrogen-bond donors (Lipinski definition) is 0. The van der Waals surface area contributed by atoms with E-state index in [0.717, 1.165) is 22.0 Å². The maximum atomic E-state index is 12.0. The second-order valence-corrected chi connectivity index (χ2v) is 5.00. The number of benzene rings is 1. The molecule has 2 rings (SSSR count). The van der Waals surface area contributed by atoms with Crippen LogP contribution in [0.25, 0.3) is 10.9 Å². The second-order valence-electron chi connectivity index (χ2n) is 5.00. The highest BCUT2D eigenvalue weighted by atomic mass is 16.2. The van der Waals surface area contributed by atoms with Crippen LogP contribution in [0.1, 0.15) is 27.2 Å². The molecule has 94 valence electrons. The van der Waals surface area contributed by atoms with E-state index in [4.69, 9.17) is 0 Å². The van der Waals surface area contributed by atoms with Gasteiger partial charge < -0.3 is 4.90 Å². The SMILES string of the molecule is Cc1cc(C)c2nc(C(=O)N(C)C)cc(C)c2c1. The Balaban J connectivity index is 2.73. The molecule has 0 fully saturated rings. The van der Waals surface area contributed by atoms with Crippen LogP contribution in [0.3, 0.4) is 0 Å². The molecule has 3 heteroatoms. The molecule has 0 aliphatic carbocycles. The number of rotatable bonds is 1. The lowest BCUT2D eigenvalue weighted by atomic mass is 10.0. The molecule has 1 aromatic heterocycles. The van der Waals surface area contributed by atoms with E-state index in [2.05, 4.69) is 24.0 Å². The molecule has 0 atom stereocenters. The van der Waals surface area contributed by atoms with Crippen LogP contribution in [-0.2, 0) is 0 Å². The minimum atomic E-state index is -0.0556. The average molecular weight is 242 g/mol. The Labute approximate surface area is 107 Å². The Hall–Kier alpha value is -1.90. The number of aryl methyl sites for hydroxylation is 3. The normalized spacial score (nSPS) is 10.7. The fraction of sp³-hybridized carbons (Fsp3) is 0.333. The van der Waals surface area contributed by atoms with E-state index in [9.17, 15) is 4.79 Å². The summed E-state index contributed by atoms with van der Waals surface area (Å²) in [6.45, 7) is 6.13. The quantitative estimate of drug-likeness (QED) is 0.770. The molecular weight excluding hydrogens is 224 g/mol. The number of aromatic nitrogens is 1. The van der Waals surface area contributed by atoms with Crippen molar-refractivity contribution in [3.63, 3.8) is 0 Å². The summed E-state index contributed by atoms with van der Waals surface area (Å²) >= 11 is 0. The number of pyridine rings is 1. The van der Waals surface area contributed by atoms with Crippen LogP contribution < -0.4 is 0 Å². The molecule has 2 aromatic rings. The van der Waals surface area contributed by atoms with Gasteiger partial charge in [-0.25, -0.2) is 4.98 Å². The van der Waals surface area contributed by atoms with Crippen molar-refractivity contribution in [2.24, 2.45) is 0 Å². The molecule has 3 nitrogen and oxygen atoms in total. The summed E-state index contributed by atoms with van der Waals surface area (Å²) in [6.07, 6.45) is 0. The molecule has 0 saturated heterocycles. The molecular formula is C15H18N2O. The minimum Gasteiger partial charge on any atom is -0.343 e. The van der Waals surface area contributed by atoms with Crippen molar-refractivity contribution in [2.75, 3.05) is 14.1 Å². The van der Waals surface area contributed by atoms with E-state index >= 15 is 0 Å². The Kier molecular flexibility index (Phi) is 3.07. The van der Waals surface area contributed by atoms with Gasteiger partial charge in [-0.2, -0.15) is 0 Å². The lowest BCUT2D eigenvalue weighted by molar-refractivity contribution is 0.0822. The predicted octanol–water partition coefficient (Wildman–Crippen LogP) is 2.86. The summed E-state index contributed by atoms with van der Waals surface area (Å²) in [7, 11) is 3.48. The van der Waals surface area contributed by atoms with Crippen LogP contribution in [0.2, 0.25) is 0 Å². The highest BCUT2D eigenvalue weighted by Crippen LogP contribution is 2.23. The molecule has 1 heterocycles. The van der Waals surface area contributed by atoms with Crippen molar-refractivity contribution in [3.05, 3.63) is 40.6 Å². The van der Waals surface area contributed by atoms with Crippen LogP contribution in [-0.4, -0.2) is 29.9 Å². The van der Waals surface area contributed by atoms with E-state index in [-0.39, 0.29) is 5.91 Å². The Morgan fingerprint density at radius 1 is 1.06 bits per heavy atom. The highest BCUT2D eigenvalue weighted by molar-refractivity contribution is 5.96. The molecule has 0 unspecified atom stereocenters. The number of carbonyl (C=O) groups is 1. The molecule has 1 aromatic carbocycles. The van der Waals surface area contributed by atoms with Gasteiger partial charge in [-0.1, -0.05) is 11.6 Å². The Bertz CT molecular complexity index is 630. The van der Waals surface area contributed by atoms with Gasteiger partial charge in [0.2, 0.25) is 0 Å². The summed E-state index contributed by atoms with van der Waals surface area (Å²) in [5.41, 5.74) is 4.86. The van der Waals surface area contributed by atoms with Crippen LogP contribution >= 0.6 is 0 Å². The predicted molar refractivity (Wildman–Crippen MR) is 74.0 cm³/mol. The average Bonchev–Trinajstić information content (AvgIpc) is 2.29. The van der Waals surface area contributed by atoms with Crippen molar-refractivity contribution >= 4 is 16.8 Å². The lowest BCUT2D eigenvalue weighted by Gasteiger charge is -2.13. The van der Waals surface area contributed by atoms with Gasteiger partial charge in [0.15, 0.2) is 0 Å². The zero-order valence-corrected chi connectivity index (χ0v) is 11.5. The van der Waals surface area contributed by atoms with E-state index in [1.165, 1.54) is 5.56 Å². The maximum absolute atomic E-state index is 12.0. The molecule has 18 heavy (non-hydrogen) atoms. The molecule has 0 spiro atoms. The van der Waals surface area contributed by atoms with Gasteiger partial charge in [0, 0.05) is 19.5 Å². The second kappa shape index (κ2) is 4.41. The molecule has 0 saturated carbocycles. The highest BCUT2D eigenvalue weighted by Gasteiger charge is 2.13. The fourth-order valence-electron chi connectivity index (χ4n) is 2.18. The van der Waals surface area contributed by atoms with Crippen LogP contribution in [0.15, 0.2) is 18.2 Å². The molecule has 0 aliphatic heterocycles. The number of amides is 1. The first kappa shape index (κ1) is 12.6. The Morgan fingerprint density at radius 2 is 1.72 bits per heavy atom. The number of fused-ring (bicyclic) bond motifs is 1. The summed E-state index contributed by atoms with van der Waals surface area (Å²) in [4.78, 5) is 18.0. The van der Waals surface area contributed by atoms with Gasteiger partial charge in [0.1, 0.15) is 5.69 Å². The van der Waals surface area contributed by atoms with E-state index < -0.39 is 0 Å². The third-order valence-corrected chi connectivity index (χ3v) is 3.08. The molecule has 0 aliphatic rings. The van der Waals surface area contributed by atoms with Crippen molar-refractivity contribution < 1.29 is 4.79 Å². The largest absolute Gasteiger partial charge is 0.343 e. The zero-order chi connectivity index (χ0) is 13.4. The zero-order valence-electron chi connectivity index (χ0n) is 11.5. The Morgan fingerprint density at radius 3 is 2.33 bits per heavy atom. The summed E-state index contributed by atoms with van der Waals surface area (Å²) in [5, 5.41) is 1.13. The first-order valence-corrected chi connectivity index (χ1v) is 6.00. The van der Waals surface area contributed by atoms with Gasteiger partial charge in [-0.15, -0.1) is 0 Å². The smallest absolute Gasteiger partial charge is 0.271 e. The van der Waals surface area contributed by atoms with Crippen molar-refractivity contribution in [1.82, 2.24) is 9.88 Å². The van der Waals surface area contributed by atoms with E-state index in [1.807, 2.05) is 19.9 Å². The summed E-state index contributed by atoms with van der Waals surface area (Å²) in [5.74, 6) is -0.0556. The monoisotopic (exact) mass is 242 g/mol. The summed E-state index contributed by atoms with van der Waals surface area (Å²) < 4.78 is 0. The van der Waals surface area contributed by atoms with Crippen LogP contribution in [0, 0.1) is 20.8 Å². The number of carbonyl (C=O) groups excluding carboxylic acids is 1. The summed E-state index contributed by atoms with van der Waals surface area (Å²) in [6, 6.07) is 6.08. The van der Waals surface area contributed by atoms with Crippen LogP contribution in [0.4, 0.5) is 0 Å². The van der Waals surface area contributed by atoms with Crippen molar-refractivity contribution in [3.8, 4) is 0 Å². The third-order valence-electron chi connectivity index (χ3n) is 3.08. The first-order valence-electron chi connectivity index (χ1n) is 6.00. The first-order chi connectivity index (χ1) is 8.40. The van der Waals surface area contributed by atoms with Gasteiger partial charge in [0.05, 0.1) is 5.52 Å². The van der Waals surface area contributed by atoms with Crippen molar-refractivity contribution in [1.29, 1.82) is 0 Å². The molecule has 0 bridgehead atoms. The number of nitrogens with zero attached hydrogens (tertiary/aromatic N) is 2. The van der Waals surface area contributed by atoms with Gasteiger partial charge in [0.25, 0.3) is 5.91 Å². The maximum Gasteiger partial charge on any atom is 0.271 e. The molecule has 0 radical (unpaired) electrons. The van der Waals surface area contributed by atoms with E-state index in [1.54, 1.807) is 19.0 Å². The van der Waals surface area contributed by atoms with Gasteiger partial charge in [-0.05, 0) is 44.0 Å². The van der Waals surface area contributed by atoms with Crippen LogP contribution in [0.5, 0.6) is 0 Å². The van der Waals surface area contributed by atoms with Crippen molar-refractivity contribution in [2.45, 2.75) is 20.8 Å². The topological polar surface area (TPSA) is 33.2 Å². The van der Waals surface area contributed by atoms with Gasteiger partial charge in [-0.3, -0.25) is 4.79 Å². The molecule has 1 amide bonds. The van der Waals surface area contributed by atoms with Gasteiger partial charge >= 0.3 is 0 Å². The fourth-order valence-corrected chi connectivity index (χ4v) is 2.18. The standard InChI is InChI=1S/C15H18N2O/c1-9-6-11(3)14-12(7-9)10(2)8-13(16-14)15(18)17(4)5/h6-8H,1-5H3. The third kappa shape index (κ3) is 2.08. The lowest BCUT2D eigenvalue weighted by Crippen LogP contribution is -2.23. The minimum absolute atomic E-state index is 0.0556. The number of hydrogen-bond acceptors (Lipinski definition) is 2. The van der Waals surface area contributed by atoms with E-state index in [0.29, 0.717) is 5.69 Å². The molecule has 0 N–H and O–H groups in total.